The number of carbonyl (C=O) groups excluding carboxylic acids is 1. The molecule has 5 aromatic rings. The molecule has 0 radical (unpaired) electrons. The van der Waals surface area contributed by atoms with Crippen LogP contribution >= 0.6 is 0 Å². The van der Waals surface area contributed by atoms with Gasteiger partial charge in [-0.25, -0.2) is 23.1 Å². The smallest absolute Gasteiger partial charge is 0.283 e. The number of amides is 1. The van der Waals surface area contributed by atoms with Crippen LogP contribution in [0.25, 0.3) is 33.3 Å². The van der Waals surface area contributed by atoms with Gasteiger partial charge >= 0.3 is 0 Å². The van der Waals surface area contributed by atoms with E-state index in [9.17, 15) is 14.4 Å². The van der Waals surface area contributed by atoms with Crippen LogP contribution in [-0.4, -0.2) is 20.4 Å². The highest BCUT2D eigenvalue weighted by Gasteiger charge is 2.27. The maximum atomic E-state index is 15.6. The van der Waals surface area contributed by atoms with Crippen LogP contribution in [0.2, 0.25) is 0 Å². The Labute approximate surface area is 232 Å². The number of ether oxygens (including phenoxy) is 1. The number of aromatic nitrogens is 3. The van der Waals surface area contributed by atoms with Crippen molar-refractivity contribution in [2.24, 2.45) is 7.05 Å². The number of pyridine rings is 2. The Kier molecular flexibility index (Phi) is 6.90. The van der Waals surface area contributed by atoms with Crippen molar-refractivity contribution in [3.63, 3.8) is 0 Å². The molecule has 0 unspecified atom stereocenters. The lowest BCUT2D eigenvalue weighted by atomic mass is 9.97. The molecule has 1 amide bonds. The first-order valence-electron chi connectivity index (χ1n) is 12.1. The van der Waals surface area contributed by atoms with Crippen molar-refractivity contribution >= 4 is 28.3 Å². The standard InChI is InChI=1S/C30H21F3N6O2/c1-15-5-4-6-23(37-15)41-20-9-7-17(8-10-20)24-26-27(18(13-34)14-36-29(26)35)39(3)28(24)25-21(32)11-19(12-22(25)33)38-30(40)16(2)31/h4-12,14H,2H2,1,3H3,(H2,35,36)(H,38,40). The molecule has 0 saturated carbocycles. The minimum Gasteiger partial charge on any atom is -0.439 e. The summed E-state index contributed by atoms with van der Waals surface area (Å²) in [5.41, 5.74) is 7.62. The van der Waals surface area contributed by atoms with E-state index < -0.39 is 28.9 Å². The molecule has 2 aromatic carbocycles. The van der Waals surface area contributed by atoms with Gasteiger partial charge in [0.2, 0.25) is 5.88 Å². The monoisotopic (exact) mass is 554 g/mol. The summed E-state index contributed by atoms with van der Waals surface area (Å²) in [7, 11) is 1.55. The van der Waals surface area contributed by atoms with Crippen molar-refractivity contribution < 1.29 is 22.7 Å². The molecule has 0 spiro atoms. The fourth-order valence-corrected chi connectivity index (χ4v) is 4.62. The van der Waals surface area contributed by atoms with Gasteiger partial charge in [0, 0.05) is 36.3 Å². The average molecular weight is 555 g/mol. The van der Waals surface area contributed by atoms with Crippen molar-refractivity contribution in [3.05, 3.63) is 96.1 Å². The van der Waals surface area contributed by atoms with E-state index >= 15 is 8.78 Å². The van der Waals surface area contributed by atoms with E-state index in [4.69, 9.17) is 10.5 Å². The molecule has 3 N–H and O–H groups in total. The third kappa shape index (κ3) is 4.94. The van der Waals surface area contributed by atoms with Gasteiger partial charge in [-0.3, -0.25) is 4.79 Å². The number of benzene rings is 2. The number of nitrogen functional groups attached to an aromatic ring is 1. The SMILES string of the molecule is C=C(F)C(=O)Nc1cc(F)c(-c2c(-c3ccc(Oc4cccc(C)n4)cc3)c3c(N)ncc(C#N)c3n2C)c(F)c1. The van der Waals surface area contributed by atoms with Crippen LogP contribution in [-0.2, 0) is 11.8 Å². The summed E-state index contributed by atoms with van der Waals surface area (Å²) in [5, 5.41) is 12.1. The van der Waals surface area contributed by atoms with Crippen molar-refractivity contribution in [1.82, 2.24) is 14.5 Å². The molecule has 204 valence electrons. The molecule has 0 bridgehead atoms. The molecule has 3 aromatic heterocycles. The third-order valence-corrected chi connectivity index (χ3v) is 6.37. The zero-order chi connectivity index (χ0) is 29.4. The minimum absolute atomic E-state index is 0.0475. The number of rotatable bonds is 6. The number of carbonyl (C=O) groups is 1. The number of anilines is 2. The fraction of sp³-hybridized carbons (Fsp3) is 0.0667. The quantitative estimate of drug-likeness (QED) is 0.230. The van der Waals surface area contributed by atoms with Gasteiger partial charge in [0.1, 0.15) is 29.3 Å². The van der Waals surface area contributed by atoms with E-state index in [2.05, 4.69) is 21.9 Å². The highest BCUT2D eigenvalue weighted by molar-refractivity contribution is 6.11. The number of hydrogen-bond donors (Lipinski definition) is 2. The van der Waals surface area contributed by atoms with Gasteiger partial charge < -0.3 is 20.4 Å². The van der Waals surface area contributed by atoms with Crippen molar-refractivity contribution in [2.45, 2.75) is 6.92 Å². The number of fused-ring (bicyclic) bond motifs is 1. The van der Waals surface area contributed by atoms with E-state index in [1.54, 1.807) is 37.4 Å². The first-order valence-corrected chi connectivity index (χ1v) is 12.1. The number of aryl methyl sites for hydroxylation is 2. The lowest BCUT2D eigenvalue weighted by Gasteiger charge is -2.13. The maximum Gasteiger partial charge on any atom is 0.283 e. The minimum atomic E-state index is -1.32. The second-order valence-electron chi connectivity index (χ2n) is 9.09. The summed E-state index contributed by atoms with van der Waals surface area (Å²) in [6.07, 6.45) is 1.28. The Bertz CT molecular complexity index is 1890. The molecule has 0 aliphatic heterocycles. The Morgan fingerprint density at radius 1 is 1.12 bits per heavy atom. The van der Waals surface area contributed by atoms with E-state index in [1.165, 1.54) is 10.8 Å². The van der Waals surface area contributed by atoms with Gasteiger partial charge in [0.15, 0.2) is 5.83 Å². The predicted octanol–water partition coefficient (Wildman–Crippen LogP) is 6.56. The molecule has 11 heteroatoms. The Hall–Kier alpha value is -5.63. The highest BCUT2D eigenvalue weighted by Crippen LogP contribution is 2.45. The molecule has 0 aliphatic carbocycles. The molecule has 41 heavy (non-hydrogen) atoms. The molecular formula is C30H21F3N6O2. The van der Waals surface area contributed by atoms with Crippen LogP contribution in [0.5, 0.6) is 11.6 Å². The molecule has 5 rings (SSSR count). The van der Waals surface area contributed by atoms with Gasteiger partial charge in [0.05, 0.1) is 27.7 Å². The maximum absolute atomic E-state index is 15.6. The summed E-state index contributed by atoms with van der Waals surface area (Å²) in [6.45, 7) is 4.71. The first kappa shape index (κ1) is 27.0. The van der Waals surface area contributed by atoms with Crippen LogP contribution in [0, 0.1) is 29.9 Å². The summed E-state index contributed by atoms with van der Waals surface area (Å²) in [6, 6.07) is 15.8. The molecule has 0 saturated heterocycles. The normalized spacial score (nSPS) is 10.8. The summed E-state index contributed by atoms with van der Waals surface area (Å²) >= 11 is 0. The van der Waals surface area contributed by atoms with Crippen LogP contribution in [0.15, 0.2) is 73.2 Å². The van der Waals surface area contributed by atoms with Crippen molar-refractivity contribution in [1.29, 1.82) is 5.26 Å². The van der Waals surface area contributed by atoms with Crippen LogP contribution < -0.4 is 15.8 Å². The Morgan fingerprint density at radius 3 is 2.41 bits per heavy atom. The largest absolute Gasteiger partial charge is 0.439 e. The number of nitrogens with zero attached hydrogens (tertiary/aromatic N) is 4. The summed E-state index contributed by atoms with van der Waals surface area (Å²) in [5.74, 6) is -3.75. The van der Waals surface area contributed by atoms with E-state index in [1.807, 2.05) is 25.1 Å². The highest BCUT2D eigenvalue weighted by atomic mass is 19.1. The zero-order valence-electron chi connectivity index (χ0n) is 21.8. The predicted molar refractivity (Wildman–Crippen MR) is 149 cm³/mol. The number of nitrogens with one attached hydrogen (secondary N) is 1. The topological polar surface area (TPSA) is 119 Å². The average Bonchev–Trinajstić information content (AvgIpc) is 3.22. The van der Waals surface area contributed by atoms with Crippen LogP contribution in [0.1, 0.15) is 11.3 Å². The number of hydrogen-bond acceptors (Lipinski definition) is 6. The van der Waals surface area contributed by atoms with Gasteiger partial charge in [-0.2, -0.15) is 5.26 Å². The Morgan fingerprint density at radius 2 is 1.80 bits per heavy atom. The Balaban J connectivity index is 1.71. The van der Waals surface area contributed by atoms with Crippen molar-refractivity contribution in [2.75, 3.05) is 11.1 Å². The first-order chi connectivity index (χ1) is 19.6. The lowest BCUT2D eigenvalue weighted by molar-refractivity contribution is -0.114. The number of nitrogens with two attached hydrogens (primary N) is 1. The fourth-order valence-electron chi connectivity index (χ4n) is 4.62. The third-order valence-electron chi connectivity index (χ3n) is 6.37. The van der Waals surface area contributed by atoms with E-state index in [0.29, 0.717) is 33.7 Å². The molecule has 0 fully saturated rings. The second-order valence-corrected chi connectivity index (χ2v) is 9.09. The number of nitriles is 1. The molecule has 0 atom stereocenters. The molecule has 3 heterocycles. The summed E-state index contributed by atoms with van der Waals surface area (Å²) < 4.78 is 51.7. The van der Waals surface area contributed by atoms with Gasteiger partial charge in [-0.1, -0.05) is 24.8 Å². The zero-order valence-corrected chi connectivity index (χ0v) is 21.8. The summed E-state index contributed by atoms with van der Waals surface area (Å²) in [4.78, 5) is 20.1. The van der Waals surface area contributed by atoms with Gasteiger partial charge in [-0.05, 0) is 42.8 Å². The number of halogens is 3. The van der Waals surface area contributed by atoms with E-state index in [-0.39, 0.29) is 22.8 Å². The van der Waals surface area contributed by atoms with Gasteiger partial charge in [-0.15, -0.1) is 0 Å². The molecule has 8 nitrogen and oxygen atoms in total. The lowest BCUT2D eigenvalue weighted by Crippen LogP contribution is -2.12. The van der Waals surface area contributed by atoms with E-state index in [0.717, 1.165) is 17.8 Å². The second kappa shape index (κ2) is 10.5. The molecular weight excluding hydrogens is 533 g/mol. The van der Waals surface area contributed by atoms with Crippen molar-refractivity contribution in [3.8, 4) is 40.1 Å². The van der Waals surface area contributed by atoms with Gasteiger partial charge in [0.25, 0.3) is 5.91 Å². The van der Waals surface area contributed by atoms with Crippen LogP contribution in [0.3, 0.4) is 0 Å². The molecule has 0 aliphatic rings. The van der Waals surface area contributed by atoms with Crippen LogP contribution in [0.4, 0.5) is 24.7 Å².